The summed E-state index contributed by atoms with van der Waals surface area (Å²) in [6.07, 6.45) is 0.00374. The second-order valence-corrected chi connectivity index (χ2v) is 9.75. The van der Waals surface area contributed by atoms with Crippen molar-refractivity contribution in [2.75, 3.05) is 6.61 Å². The van der Waals surface area contributed by atoms with Gasteiger partial charge in [0.25, 0.3) is 0 Å². The van der Waals surface area contributed by atoms with Gasteiger partial charge in [0.15, 0.2) is 0 Å². The number of benzene rings is 5. The molecule has 6 aromatic rings. The van der Waals surface area contributed by atoms with Crippen molar-refractivity contribution >= 4 is 27.8 Å². The molecule has 0 unspecified atom stereocenters. The third kappa shape index (κ3) is 5.27. The van der Waals surface area contributed by atoms with Gasteiger partial charge in [-0.3, -0.25) is 0 Å². The summed E-state index contributed by atoms with van der Waals surface area (Å²) in [6, 6.07) is 40.8. The number of nitrogens with zero attached hydrogens (tertiary/aromatic N) is 1. The van der Waals surface area contributed by atoms with Crippen LogP contribution in [0.15, 0.2) is 121 Å². The maximum absolute atomic E-state index is 11.8. The summed E-state index contributed by atoms with van der Waals surface area (Å²) in [6.45, 7) is 0.992. The van der Waals surface area contributed by atoms with Gasteiger partial charge in [-0.1, -0.05) is 109 Å². The molecule has 198 valence electrons. The van der Waals surface area contributed by atoms with Crippen LogP contribution in [-0.2, 0) is 13.0 Å². The molecule has 1 aromatic heterocycles. The van der Waals surface area contributed by atoms with E-state index in [4.69, 9.17) is 9.47 Å². The van der Waals surface area contributed by atoms with Crippen molar-refractivity contribution in [3.05, 3.63) is 132 Å². The summed E-state index contributed by atoms with van der Waals surface area (Å²) in [5.74, 6) is 1.22. The van der Waals surface area contributed by atoms with E-state index in [0.717, 1.165) is 49.7 Å². The van der Waals surface area contributed by atoms with Crippen molar-refractivity contribution in [3.63, 3.8) is 0 Å². The average molecular weight is 528 g/mol. The fraction of sp³-hybridized carbons (Fsp3) is 0.114. The minimum absolute atomic E-state index is 0.367. The summed E-state index contributed by atoms with van der Waals surface area (Å²) in [5, 5.41) is 12.8. The molecule has 5 heteroatoms. The first-order valence-corrected chi connectivity index (χ1v) is 13.4. The number of ether oxygens (including phenoxy) is 2. The van der Waals surface area contributed by atoms with E-state index in [1.807, 2.05) is 71.3 Å². The highest BCUT2D eigenvalue weighted by Crippen LogP contribution is 2.35. The number of hydrogen-bond donors (Lipinski definition) is 1. The number of aromatic nitrogens is 1. The quantitative estimate of drug-likeness (QED) is 0.151. The Morgan fingerprint density at radius 1 is 0.700 bits per heavy atom. The Kier molecular flexibility index (Phi) is 7.18. The van der Waals surface area contributed by atoms with Gasteiger partial charge in [-0.15, -0.1) is 0 Å². The third-order valence-corrected chi connectivity index (χ3v) is 7.19. The second-order valence-electron chi connectivity index (χ2n) is 9.75. The zero-order valence-electron chi connectivity index (χ0n) is 22.0. The molecular formula is C35H29NO4. The first kappa shape index (κ1) is 25.3. The van der Waals surface area contributed by atoms with Crippen LogP contribution in [0.1, 0.15) is 17.5 Å². The highest BCUT2D eigenvalue weighted by molar-refractivity contribution is 5.89. The normalized spacial score (nSPS) is 11.1. The van der Waals surface area contributed by atoms with Gasteiger partial charge >= 0.3 is 6.16 Å². The SMILES string of the molecule is O=C(O)Oc1c(CCCOc2cccc3ccccc23)c2ccccc2n1Cc1ccc(-c2ccccc2)cc1. The number of carbonyl (C=O) groups is 1. The molecule has 0 aliphatic heterocycles. The number of rotatable bonds is 9. The van der Waals surface area contributed by atoms with Crippen molar-refractivity contribution in [2.45, 2.75) is 19.4 Å². The van der Waals surface area contributed by atoms with Crippen molar-refractivity contribution in [2.24, 2.45) is 0 Å². The molecule has 6 rings (SSSR count). The minimum atomic E-state index is -1.32. The molecule has 0 saturated heterocycles. The zero-order valence-corrected chi connectivity index (χ0v) is 22.0. The zero-order chi connectivity index (χ0) is 27.3. The molecule has 0 bridgehead atoms. The number of hydrogen-bond acceptors (Lipinski definition) is 3. The van der Waals surface area contributed by atoms with Crippen LogP contribution in [-0.4, -0.2) is 22.4 Å². The lowest BCUT2D eigenvalue weighted by molar-refractivity contribution is 0.140. The van der Waals surface area contributed by atoms with E-state index >= 15 is 0 Å². The molecule has 0 amide bonds. The largest absolute Gasteiger partial charge is 0.512 e. The van der Waals surface area contributed by atoms with Gasteiger partial charge in [-0.2, -0.15) is 0 Å². The molecule has 0 aliphatic rings. The van der Waals surface area contributed by atoms with Gasteiger partial charge < -0.3 is 19.1 Å². The van der Waals surface area contributed by atoms with Crippen LogP contribution in [0.4, 0.5) is 4.79 Å². The van der Waals surface area contributed by atoms with Gasteiger partial charge in [0, 0.05) is 16.3 Å². The third-order valence-electron chi connectivity index (χ3n) is 7.19. The van der Waals surface area contributed by atoms with Crippen LogP contribution in [0.2, 0.25) is 0 Å². The molecule has 5 nitrogen and oxygen atoms in total. The lowest BCUT2D eigenvalue weighted by atomic mass is 10.0. The van der Waals surface area contributed by atoms with Crippen molar-refractivity contribution in [1.82, 2.24) is 4.57 Å². The van der Waals surface area contributed by atoms with E-state index < -0.39 is 6.16 Å². The summed E-state index contributed by atoms with van der Waals surface area (Å²) < 4.78 is 13.6. The topological polar surface area (TPSA) is 60.7 Å². The molecule has 0 saturated carbocycles. The van der Waals surface area contributed by atoms with Crippen molar-refractivity contribution < 1.29 is 19.4 Å². The Bertz CT molecular complexity index is 1770. The number of fused-ring (bicyclic) bond motifs is 2. The first-order valence-electron chi connectivity index (χ1n) is 13.4. The summed E-state index contributed by atoms with van der Waals surface area (Å²) in [7, 11) is 0. The highest BCUT2D eigenvalue weighted by atomic mass is 16.7. The predicted molar refractivity (Wildman–Crippen MR) is 159 cm³/mol. The van der Waals surface area contributed by atoms with Crippen molar-refractivity contribution in [3.8, 4) is 22.8 Å². The van der Waals surface area contributed by atoms with Crippen molar-refractivity contribution in [1.29, 1.82) is 0 Å². The maximum Gasteiger partial charge on any atom is 0.512 e. The van der Waals surface area contributed by atoms with Gasteiger partial charge in [0.1, 0.15) is 5.75 Å². The average Bonchev–Trinajstić information content (AvgIpc) is 3.27. The molecule has 0 fully saturated rings. The number of para-hydroxylation sites is 1. The van der Waals surface area contributed by atoms with Gasteiger partial charge in [-0.05, 0) is 47.1 Å². The van der Waals surface area contributed by atoms with E-state index in [9.17, 15) is 9.90 Å². The molecule has 0 aliphatic carbocycles. The Morgan fingerprint density at radius 3 is 2.17 bits per heavy atom. The number of aryl methyl sites for hydroxylation is 1. The monoisotopic (exact) mass is 527 g/mol. The molecule has 1 heterocycles. The van der Waals surface area contributed by atoms with Crippen LogP contribution < -0.4 is 9.47 Å². The molecule has 1 N–H and O–H groups in total. The number of carboxylic acid groups (broad SMARTS) is 1. The van der Waals surface area contributed by atoms with Crippen LogP contribution in [0, 0.1) is 0 Å². The standard InChI is InChI=1S/C35H29NO4/c37-35(38)40-34-31(16-9-23-39-33-18-8-13-28-12-4-5-14-29(28)33)30-15-6-7-17-32(30)36(34)24-25-19-21-27(22-20-25)26-10-2-1-3-11-26/h1-8,10-15,17-22H,9,16,23-24H2,(H,37,38). The molecule has 40 heavy (non-hydrogen) atoms. The lowest BCUT2D eigenvalue weighted by Gasteiger charge is -2.12. The van der Waals surface area contributed by atoms with E-state index in [1.54, 1.807) is 0 Å². The first-order chi connectivity index (χ1) is 19.7. The molecule has 0 atom stereocenters. The van der Waals surface area contributed by atoms with Gasteiger partial charge in [-0.25, -0.2) is 4.79 Å². The van der Waals surface area contributed by atoms with Crippen LogP contribution >= 0.6 is 0 Å². The minimum Gasteiger partial charge on any atom is -0.493 e. The fourth-order valence-electron chi connectivity index (χ4n) is 5.32. The molecular weight excluding hydrogens is 498 g/mol. The van der Waals surface area contributed by atoms with E-state index in [1.165, 1.54) is 0 Å². The van der Waals surface area contributed by atoms with Gasteiger partial charge in [0.2, 0.25) is 5.88 Å². The molecule has 0 spiro atoms. The Labute approximate surface area is 232 Å². The Hall–Kier alpha value is -5.03. The Balaban J connectivity index is 1.26. The highest BCUT2D eigenvalue weighted by Gasteiger charge is 2.21. The van der Waals surface area contributed by atoms with E-state index in [0.29, 0.717) is 31.9 Å². The fourth-order valence-corrected chi connectivity index (χ4v) is 5.32. The summed E-state index contributed by atoms with van der Waals surface area (Å²) in [4.78, 5) is 11.8. The second kappa shape index (κ2) is 11.4. The van der Waals surface area contributed by atoms with E-state index in [2.05, 4.69) is 54.6 Å². The predicted octanol–water partition coefficient (Wildman–Crippen LogP) is 8.58. The van der Waals surface area contributed by atoms with E-state index in [-0.39, 0.29) is 0 Å². The van der Waals surface area contributed by atoms with Crippen LogP contribution in [0.3, 0.4) is 0 Å². The van der Waals surface area contributed by atoms with Gasteiger partial charge in [0.05, 0.1) is 18.7 Å². The summed E-state index contributed by atoms with van der Waals surface area (Å²) in [5.41, 5.74) is 5.16. The molecule has 5 aromatic carbocycles. The maximum atomic E-state index is 11.8. The Morgan fingerprint density at radius 2 is 1.38 bits per heavy atom. The molecule has 0 radical (unpaired) electrons. The van der Waals surface area contributed by atoms with Crippen LogP contribution in [0.25, 0.3) is 32.8 Å². The smallest absolute Gasteiger partial charge is 0.493 e. The van der Waals surface area contributed by atoms with Crippen LogP contribution in [0.5, 0.6) is 11.6 Å². The lowest BCUT2D eigenvalue weighted by Crippen LogP contribution is -2.11. The summed E-state index contributed by atoms with van der Waals surface area (Å²) >= 11 is 0.